The molecule has 1 N–H and O–H groups in total. The molecule has 4 rings (SSSR count). The van der Waals surface area contributed by atoms with Crippen molar-refractivity contribution in [3.05, 3.63) is 36.3 Å². The molecule has 1 aromatic rings. The largest absolute Gasteiger partial charge is 0.417 e. The Morgan fingerprint density at radius 1 is 1.24 bits per heavy atom. The Labute approximate surface area is 205 Å². The topological polar surface area (TPSA) is 39.6 Å². The van der Waals surface area contributed by atoms with E-state index in [1.54, 1.807) is 23.8 Å². The van der Waals surface area contributed by atoms with Crippen LogP contribution in [0, 0.1) is 28.5 Å². The average Bonchev–Trinajstić information content (AvgIpc) is 3.23. The lowest BCUT2D eigenvalue weighted by Gasteiger charge is -2.39. The van der Waals surface area contributed by atoms with E-state index in [9.17, 15) is 17.6 Å². The Hall–Kier alpha value is -1.32. The zero-order chi connectivity index (χ0) is 25.7. The fourth-order valence-electron chi connectivity index (χ4n) is 5.48. The normalized spacial score (nSPS) is 27.6. The summed E-state index contributed by atoms with van der Waals surface area (Å²) in [6, 6.07) is 0.509. The Morgan fingerprint density at radius 3 is 2.12 bits per heavy atom. The van der Waals surface area contributed by atoms with E-state index in [0.29, 0.717) is 36.2 Å². The summed E-state index contributed by atoms with van der Waals surface area (Å²) >= 11 is 1.70. The maximum Gasteiger partial charge on any atom is 0.417 e. The Balaban J connectivity index is 0.000000243. The minimum atomic E-state index is -4.57. The second kappa shape index (κ2) is 11.6. The first-order valence-electron chi connectivity index (χ1n) is 12.0. The molecule has 3 aliphatic rings. The number of pyridine rings is 1. The number of anilines is 1. The van der Waals surface area contributed by atoms with Gasteiger partial charge in [0.25, 0.3) is 0 Å². The molecule has 0 amide bonds. The van der Waals surface area contributed by atoms with Gasteiger partial charge in [-0.1, -0.05) is 45.7 Å². The number of alkyl halides is 3. The fraction of sp³-hybridized carbons (Fsp3) is 0.720. The predicted octanol–water partition coefficient (Wildman–Crippen LogP) is 6.27. The monoisotopic (exact) mass is 505 g/mol. The molecule has 194 valence electrons. The molecular weight excluding hydrogens is 466 g/mol. The number of aliphatic hydroxyl groups is 1. The zero-order valence-electron chi connectivity index (χ0n) is 21.0. The van der Waals surface area contributed by atoms with Crippen molar-refractivity contribution in [2.24, 2.45) is 22.7 Å². The molecule has 3 atom stereocenters. The highest BCUT2D eigenvalue weighted by atomic mass is 32.2. The summed E-state index contributed by atoms with van der Waals surface area (Å²) in [7, 11) is 0. The van der Waals surface area contributed by atoms with Gasteiger partial charge < -0.3 is 10.0 Å². The highest BCUT2D eigenvalue weighted by Crippen LogP contribution is 2.80. The van der Waals surface area contributed by atoms with Crippen LogP contribution < -0.4 is 4.90 Å². The lowest BCUT2D eigenvalue weighted by molar-refractivity contribution is -0.138. The summed E-state index contributed by atoms with van der Waals surface area (Å²) in [4.78, 5) is 5.33. The molecule has 0 aromatic carbocycles. The van der Waals surface area contributed by atoms with Crippen LogP contribution in [0.5, 0.6) is 0 Å². The summed E-state index contributed by atoms with van der Waals surface area (Å²) in [6.07, 6.45) is 1.12. The van der Waals surface area contributed by atoms with Crippen molar-refractivity contribution in [3.8, 4) is 0 Å². The van der Waals surface area contributed by atoms with Crippen LogP contribution in [0.4, 0.5) is 23.4 Å². The molecule has 9 heteroatoms. The first-order valence-corrected chi connectivity index (χ1v) is 12.9. The van der Waals surface area contributed by atoms with Crippen LogP contribution in [0.2, 0.25) is 0 Å². The Morgan fingerprint density at radius 2 is 1.79 bits per heavy atom. The summed E-state index contributed by atoms with van der Waals surface area (Å²) < 4.78 is 53.3. The molecule has 0 bridgehead atoms. The van der Waals surface area contributed by atoms with Gasteiger partial charge in [-0.25, -0.2) is 13.7 Å². The highest BCUT2D eigenvalue weighted by molar-refractivity contribution is 7.96. The lowest BCUT2D eigenvalue weighted by Crippen LogP contribution is -2.44. The average molecular weight is 506 g/mol. The second-order valence-corrected chi connectivity index (χ2v) is 10.9. The third-order valence-electron chi connectivity index (χ3n) is 7.79. The van der Waals surface area contributed by atoms with Crippen LogP contribution in [0.25, 0.3) is 0 Å². The summed E-state index contributed by atoms with van der Waals surface area (Å²) in [5, 5.41) is 7.57. The Bertz CT molecular complexity index is 812. The molecule has 1 saturated heterocycles. The molecule has 1 aliphatic heterocycles. The maximum absolute atomic E-state index is 13.8. The van der Waals surface area contributed by atoms with Gasteiger partial charge in [0.15, 0.2) is 11.6 Å². The summed E-state index contributed by atoms with van der Waals surface area (Å²) in [5.41, 5.74) is 0.220. The van der Waals surface area contributed by atoms with E-state index in [-0.39, 0.29) is 12.4 Å². The van der Waals surface area contributed by atoms with Gasteiger partial charge in [0, 0.05) is 44.7 Å². The van der Waals surface area contributed by atoms with Gasteiger partial charge in [-0.05, 0) is 48.5 Å². The van der Waals surface area contributed by atoms with Crippen LogP contribution in [0.15, 0.2) is 24.9 Å². The van der Waals surface area contributed by atoms with Gasteiger partial charge >= 0.3 is 6.18 Å². The van der Waals surface area contributed by atoms with Crippen LogP contribution >= 0.6 is 11.9 Å². The minimum Gasteiger partial charge on any atom is -0.397 e. The summed E-state index contributed by atoms with van der Waals surface area (Å²) in [5.74, 6) is 1.79. The number of hydrogen-bond acceptors (Lipinski definition) is 5. The number of nitrogens with zero attached hydrogens (tertiary/aromatic N) is 3. The van der Waals surface area contributed by atoms with E-state index in [0.717, 1.165) is 30.7 Å². The van der Waals surface area contributed by atoms with E-state index in [1.165, 1.54) is 12.8 Å². The number of hydrogen-bond donors (Lipinski definition) is 1. The smallest absolute Gasteiger partial charge is 0.397 e. The van der Waals surface area contributed by atoms with Crippen molar-refractivity contribution in [1.29, 1.82) is 0 Å². The van der Waals surface area contributed by atoms with E-state index < -0.39 is 17.6 Å². The van der Waals surface area contributed by atoms with E-state index in [2.05, 4.69) is 42.7 Å². The first kappa shape index (κ1) is 28.9. The molecule has 4 nitrogen and oxygen atoms in total. The molecule has 2 saturated carbocycles. The Kier molecular flexibility index (Phi) is 9.87. The van der Waals surface area contributed by atoms with Gasteiger partial charge in [0.1, 0.15) is 0 Å². The second-order valence-electron chi connectivity index (χ2n) is 9.54. The van der Waals surface area contributed by atoms with Crippen molar-refractivity contribution in [1.82, 2.24) is 9.29 Å². The molecule has 0 radical (unpaired) electrons. The third kappa shape index (κ3) is 5.90. The SMILES string of the molecule is C=CC1CCC12C(C)C2(C)C.CCO.CCSN1CCN(c2ncc(C(F)(F)F)cc2F)CC1. The molecule has 2 heterocycles. The number of aromatic nitrogens is 1. The molecular formula is C25H39F4N3OS. The van der Waals surface area contributed by atoms with Crippen molar-refractivity contribution in [3.63, 3.8) is 0 Å². The fourth-order valence-corrected chi connectivity index (χ4v) is 6.27. The number of piperazine rings is 1. The van der Waals surface area contributed by atoms with Crippen molar-refractivity contribution < 1.29 is 22.7 Å². The molecule has 1 aromatic heterocycles. The molecule has 34 heavy (non-hydrogen) atoms. The van der Waals surface area contributed by atoms with Crippen LogP contribution in [0.1, 0.15) is 53.0 Å². The van der Waals surface area contributed by atoms with E-state index in [4.69, 9.17) is 5.11 Å². The van der Waals surface area contributed by atoms with Gasteiger partial charge in [-0.15, -0.1) is 6.58 Å². The molecule has 3 fully saturated rings. The van der Waals surface area contributed by atoms with Crippen molar-refractivity contribution in [2.45, 2.75) is 53.6 Å². The van der Waals surface area contributed by atoms with E-state index in [1.807, 2.05) is 6.92 Å². The summed E-state index contributed by atoms with van der Waals surface area (Å²) in [6.45, 7) is 17.7. The number of rotatable bonds is 4. The first-order chi connectivity index (χ1) is 15.9. The standard InChI is InChI=1S/C12H15F4N3S.C11H18.C2H6O/c1-2-20-19-5-3-18(4-6-19)11-10(13)7-9(8-17-11)12(14,15)16;1-5-9-6-7-11(9)8(2)10(11,3)4;1-2-3/h7-8H,2-6H2,1H3;5,8-9H,1,6-7H2,2-4H3;3H,2H2,1H3. The van der Waals surface area contributed by atoms with Gasteiger partial charge in [-0.3, -0.25) is 0 Å². The van der Waals surface area contributed by atoms with Crippen LogP contribution in [-0.2, 0) is 6.18 Å². The predicted molar refractivity (Wildman–Crippen MR) is 132 cm³/mol. The molecule has 2 aliphatic carbocycles. The van der Waals surface area contributed by atoms with Gasteiger partial charge in [0.2, 0.25) is 0 Å². The van der Waals surface area contributed by atoms with Gasteiger partial charge in [0.05, 0.1) is 5.56 Å². The lowest BCUT2D eigenvalue weighted by atomic mass is 9.66. The van der Waals surface area contributed by atoms with Crippen LogP contribution in [-0.4, -0.2) is 52.9 Å². The highest BCUT2D eigenvalue weighted by Gasteiger charge is 2.73. The number of halogens is 4. The molecule has 1 spiro atoms. The number of allylic oxidation sites excluding steroid dienone is 1. The maximum atomic E-state index is 13.8. The van der Waals surface area contributed by atoms with Crippen LogP contribution in [0.3, 0.4) is 0 Å². The van der Waals surface area contributed by atoms with Crippen molar-refractivity contribution >= 4 is 17.8 Å². The third-order valence-corrected chi connectivity index (χ3v) is 8.77. The zero-order valence-corrected chi connectivity index (χ0v) is 21.8. The molecule has 3 unspecified atom stereocenters. The van der Waals surface area contributed by atoms with Gasteiger partial charge in [-0.2, -0.15) is 13.2 Å². The quantitative estimate of drug-likeness (QED) is 0.297. The minimum absolute atomic E-state index is 0.000788. The number of aliphatic hydroxyl groups excluding tert-OH is 1. The van der Waals surface area contributed by atoms with E-state index >= 15 is 0 Å². The van der Waals surface area contributed by atoms with Crippen molar-refractivity contribution in [2.75, 3.05) is 43.4 Å².